The molecule has 1 atom stereocenters. The zero-order valence-electron chi connectivity index (χ0n) is 8.77. The molecule has 0 aliphatic heterocycles. The van der Waals surface area contributed by atoms with Crippen molar-refractivity contribution in [3.8, 4) is 0 Å². The molecule has 2 aromatic rings. The molecule has 16 heavy (non-hydrogen) atoms. The highest BCUT2D eigenvalue weighted by atomic mass is 32.1. The fourth-order valence-electron chi connectivity index (χ4n) is 1.56. The van der Waals surface area contributed by atoms with Crippen molar-refractivity contribution >= 4 is 11.3 Å². The topological polar surface area (TPSA) is 50.9 Å². The number of rotatable bonds is 3. The summed E-state index contributed by atoms with van der Waals surface area (Å²) in [5.74, 6) is 5.29. The fourth-order valence-corrected chi connectivity index (χ4v) is 2.14. The molecule has 0 radical (unpaired) electrons. The fraction of sp³-hybridized carbons (Fsp3) is 0.182. The number of nitrogens with two attached hydrogens (primary N) is 1. The lowest BCUT2D eigenvalue weighted by atomic mass is 10.0. The van der Waals surface area contributed by atoms with Gasteiger partial charge in [0, 0.05) is 5.38 Å². The molecular weight excluding hydrogens is 225 g/mol. The maximum absolute atomic E-state index is 13.1. The zero-order chi connectivity index (χ0) is 11.5. The van der Waals surface area contributed by atoms with Gasteiger partial charge in [0.2, 0.25) is 0 Å². The molecule has 3 N–H and O–H groups in total. The highest BCUT2D eigenvalue weighted by Gasteiger charge is 2.14. The van der Waals surface area contributed by atoms with E-state index >= 15 is 0 Å². The predicted octanol–water partition coefficient (Wildman–Crippen LogP) is 2.14. The molecule has 0 fully saturated rings. The van der Waals surface area contributed by atoms with Crippen molar-refractivity contribution in [1.82, 2.24) is 10.4 Å². The third-order valence-electron chi connectivity index (χ3n) is 2.43. The Kier molecular flexibility index (Phi) is 3.28. The monoisotopic (exact) mass is 237 g/mol. The van der Waals surface area contributed by atoms with Crippen LogP contribution in [0.25, 0.3) is 0 Å². The van der Waals surface area contributed by atoms with Crippen molar-refractivity contribution < 1.29 is 4.39 Å². The summed E-state index contributed by atoms with van der Waals surface area (Å²) in [5, 5.41) is 1.92. The summed E-state index contributed by atoms with van der Waals surface area (Å²) < 4.78 is 13.1. The van der Waals surface area contributed by atoms with Gasteiger partial charge in [-0.3, -0.25) is 5.84 Å². The standard InChI is InChI=1S/C11H12FN3S/c1-7-4-8(2-3-9(7)12)11(15-13)10-5-16-6-14-10/h2-6,11,15H,13H2,1H3. The van der Waals surface area contributed by atoms with Crippen LogP contribution >= 0.6 is 11.3 Å². The molecule has 0 amide bonds. The second kappa shape index (κ2) is 4.69. The van der Waals surface area contributed by atoms with Gasteiger partial charge in [0.1, 0.15) is 5.82 Å². The van der Waals surface area contributed by atoms with Crippen LogP contribution in [-0.4, -0.2) is 4.98 Å². The smallest absolute Gasteiger partial charge is 0.126 e. The molecule has 0 aliphatic carbocycles. The van der Waals surface area contributed by atoms with Gasteiger partial charge >= 0.3 is 0 Å². The second-order valence-electron chi connectivity index (χ2n) is 3.52. The average molecular weight is 237 g/mol. The number of nitrogens with one attached hydrogen (secondary N) is 1. The molecule has 0 spiro atoms. The zero-order valence-corrected chi connectivity index (χ0v) is 9.59. The van der Waals surface area contributed by atoms with Gasteiger partial charge in [0.15, 0.2) is 0 Å². The number of thiazole rings is 1. The van der Waals surface area contributed by atoms with E-state index in [0.717, 1.165) is 11.3 Å². The second-order valence-corrected chi connectivity index (χ2v) is 4.24. The van der Waals surface area contributed by atoms with Crippen molar-refractivity contribution in [2.45, 2.75) is 13.0 Å². The number of benzene rings is 1. The summed E-state index contributed by atoms with van der Waals surface area (Å²) in [6.45, 7) is 1.73. The Bertz CT molecular complexity index is 470. The van der Waals surface area contributed by atoms with E-state index in [2.05, 4.69) is 10.4 Å². The first-order valence-corrected chi connectivity index (χ1v) is 5.77. The molecule has 2 rings (SSSR count). The van der Waals surface area contributed by atoms with Crippen LogP contribution in [0.5, 0.6) is 0 Å². The number of aryl methyl sites for hydroxylation is 1. The Morgan fingerprint density at radius 1 is 1.50 bits per heavy atom. The van der Waals surface area contributed by atoms with E-state index in [1.54, 1.807) is 24.6 Å². The predicted molar refractivity (Wildman–Crippen MR) is 62.4 cm³/mol. The summed E-state index contributed by atoms with van der Waals surface area (Å²) in [4.78, 5) is 4.20. The minimum atomic E-state index is -0.210. The lowest BCUT2D eigenvalue weighted by molar-refractivity contribution is 0.603. The molecule has 5 heteroatoms. The Hall–Kier alpha value is -1.30. The molecule has 3 nitrogen and oxygen atoms in total. The van der Waals surface area contributed by atoms with Crippen LogP contribution in [0, 0.1) is 12.7 Å². The summed E-state index contributed by atoms with van der Waals surface area (Å²) in [6, 6.07) is 4.75. The van der Waals surface area contributed by atoms with E-state index in [0.29, 0.717) is 5.56 Å². The van der Waals surface area contributed by atoms with E-state index < -0.39 is 0 Å². The van der Waals surface area contributed by atoms with Crippen molar-refractivity contribution in [2.24, 2.45) is 5.84 Å². The number of hydrogen-bond acceptors (Lipinski definition) is 4. The van der Waals surface area contributed by atoms with E-state index in [-0.39, 0.29) is 11.9 Å². The van der Waals surface area contributed by atoms with Crippen LogP contribution < -0.4 is 11.3 Å². The molecule has 1 aromatic heterocycles. The lowest BCUT2D eigenvalue weighted by Crippen LogP contribution is -2.29. The van der Waals surface area contributed by atoms with Crippen LogP contribution in [0.1, 0.15) is 22.9 Å². The number of hydrogen-bond donors (Lipinski definition) is 2. The Morgan fingerprint density at radius 2 is 2.31 bits per heavy atom. The van der Waals surface area contributed by atoms with E-state index in [1.165, 1.54) is 17.4 Å². The minimum Gasteiger partial charge on any atom is -0.271 e. The van der Waals surface area contributed by atoms with Crippen LogP contribution in [-0.2, 0) is 0 Å². The first-order chi connectivity index (χ1) is 7.72. The Morgan fingerprint density at radius 3 is 2.88 bits per heavy atom. The summed E-state index contributed by atoms with van der Waals surface area (Å²) in [7, 11) is 0. The maximum Gasteiger partial charge on any atom is 0.126 e. The van der Waals surface area contributed by atoms with Gasteiger partial charge < -0.3 is 0 Å². The highest BCUT2D eigenvalue weighted by molar-refractivity contribution is 7.07. The molecule has 1 aromatic carbocycles. The molecule has 84 valence electrons. The molecule has 1 unspecified atom stereocenters. The van der Waals surface area contributed by atoms with Crippen LogP contribution in [0.4, 0.5) is 4.39 Å². The van der Waals surface area contributed by atoms with E-state index in [4.69, 9.17) is 5.84 Å². The number of aromatic nitrogens is 1. The van der Waals surface area contributed by atoms with Gasteiger partial charge in [-0.15, -0.1) is 11.3 Å². The highest BCUT2D eigenvalue weighted by Crippen LogP contribution is 2.22. The molecule has 0 bridgehead atoms. The van der Waals surface area contributed by atoms with Crippen LogP contribution in [0.3, 0.4) is 0 Å². The maximum atomic E-state index is 13.1. The first kappa shape index (κ1) is 11.2. The number of halogens is 1. The van der Waals surface area contributed by atoms with Gasteiger partial charge in [-0.2, -0.15) is 0 Å². The largest absolute Gasteiger partial charge is 0.271 e. The van der Waals surface area contributed by atoms with Gasteiger partial charge in [-0.05, 0) is 24.1 Å². The molecule has 0 saturated heterocycles. The van der Waals surface area contributed by atoms with Gasteiger partial charge in [-0.1, -0.05) is 12.1 Å². The molecule has 0 saturated carbocycles. The Balaban J connectivity index is 2.37. The van der Waals surface area contributed by atoms with E-state index in [9.17, 15) is 4.39 Å². The summed E-state index contributed by atoms with van der Waals surface area (Å²) in [5.41, 5.74) is 6.80. The Labute approximate surface area is 97.1 Å². The van der Waals surface area contributed by atoms with Crippen LogP contribution in [0.15, 0.2) is 29.1 Å². The average Bonchev–Trinajstić information content (AvgIpc) is 2.78. The first-order valence-electron chi connectivity index (χ1n) is 4.82. The number of hydrazine groups is 1. The molecular formula is C11H12FN3S. The summed E-state index contributed by atoms with van der Waals surface area (Å²) in [6.07, 6.45) is 0. The third-order valence-corrected chi connectivity index (χ3v) is 3.03. The van der Waals surface area contributed by atoms with Gasteiger partial charge in [0.05, 0.1) is 17.2 Å². The summed E-state index contributed by atoms with van der Waals surface area (Å²) >= 11 is 1.50. The van der Waals surface area contributed by atoms with Crippen molar-refractivity contribution in [1.29, 1.82) is 0 Å². The molecule has 1 heterocycles. The molecule has 0 aliphatic rings. The number of nitrogens with zero attached hydrogens (tertiary/aromatic N) is 1. The van der Waals surface area contributed by atoms with Gasteiger partial charge in [0.25, 0.3) is 0 Å². The van der Waals surface area contributed by atoms with Gasteiger partial charge in [-0.25, -0.2) is 14.8 Å². The lowest BCUT2D eigenvalue weighted by Gasteiger charge is -2.14. The van der Waals surface area contributed by atoms with Crippen molar-refractivity contribution in [3.05, 3.63) is 51.7 Å². The quantitative estimate of drug-likeness (QED) is 0.635. The van der Waals surface area contributed by atoms with Crippen molar-refractivity contribution in [3.63, 3.8) is 0 Å². The third kappa shape index (κ3) is 2.11. The minimum absolute atomic E-state index is 0.189. The SMILES string of the molecule is Cc1cc(C(NN)c2cscn2)ccc1F. The van der Waals surface area contributed by atoms with E-state index in [1.807, 2.05) is 5.38 Å². The normalized spacial score (nSPS) is 12.7. The van der Waals surface area contributed by atoms with Crippen molar-refractivity contribution in [2.75, 3.05) is 0 Å². The van der Waals surface area contributed by atoms with Crippen LogP contribution in [0.2, 0.25) is 0 Å².